The van der Waals surface area contributed by atoms with Gasteiger partial charge in [-0.05, 0) is 62.9 Å². The minimum absolute atomic E-state index is 0.0804. The number of piperidine rings is 1. The number of aromatic nitrogens is 2. The van der Waals surface area contributed by atoms with Crippen molar-refractivity contribution in [1.29, 1.82) is 0 Å². The van der Waals surface area contributed by atoms with E-state index in [4.69, 9.17) is 17.3 Å². The Hall–Kier alpha value is -2.18. The van der Waals surface area contributed by atoms with Gasteiger partial charge in [0.25, 0.3) is 0 Å². The van der Waals surface area contributed by atoms with Gasteiger partial charge in [-0.3, -0.25) is 9.69 Å². The average Bonchev–Trinajstić information content (AvgIpc) is 3.21. The van der Waals surface area contributed by atoms with Crippen LogP contribution in [0.25, 0.3) is 11.1 Å². The summed E-state index contributed by atoms with van der Waals surface area (Å²) in [5.74, 6) is 0.416. The molecule has 148 valence electrons. The van der Waals surface area contributed by atoms with E-state index in [1.807, 2.05) is 29.2 Å². The molecular formula is C21H26ClN5O. The number of halogens is 1. The van der Waals surface area contributed by atoms with Crippen LogP contribution in [0.3, 0.4) is 0 Å². The average molecular weight is 400 g/mol. The first kappa shape index (κ1) is 19.2. The molecule has 7 heteroatoms. The first-order valence-electron chi connectivity index (χ1n) is 10.0. The molecule has 3 heterocycles. The molecule has 1 aromatic heterocycles. The Morgan fingerprint density at radius 1 is 1.18 bits per heavy atom. The van der Waals surface area contributed by atoms with Gasteiger partial charge in [0.1, 0.15) is 0 Å². The lowest BCUT2D eigenvalue weighted by Gasteiger charge is -2.37. The second-order valence-electron chi connectivity index (χ2n) is 7.62. The first-order chi connectivity index (χ1) is 13.6. The van der Waals surface area contributed by atoms with Gasteiger partial charge >= 0.3 is 0 Å². The van der Waals surface area contributed by atoms with Crippen LogP contribution in [-0.2, 0) is 4.79 Å². The molecule has 0 spiro atoms. The zero-order chi connectivity index (χ0) is 19.5. The highest BCUT2D eigenvalue weighted by atomic mass is 35.5. The second kappa shape index (κ2) is 8.45. The fourth-order valence-electron chi connectivity index (χ4n) is 4.28. The number of carbonyl (C=O) groups excluding carboxylic acids is 1. The van der Waals surface area contributed by atoms with Gasteiger partial charge in [-0.15, -0.1) is 0 Å². The summed E-state index contributed by atoms with van der Waals surface area (Å²) in [6.07, 6.45) is 7.08. The topological polar surface area (TPSA) is 75.3 Å². The van der Waals surface area contributed by atoms with Crippen molar-refractivity contribution in [2.24, 2.45) is 0 Å². The highest BCUT2D eigenvalue weighted by Gasteiger charge is 2.32. The van der Waals surface area contributed by atoms with Crippen molar-refractivity contribution >= 4 is 23.5 Å². The molecule has 2 fully saturated rings. The minimum Gasteiger partial charge on any atom is -0.368 e. The van der Waals surface area contributed by atoms with Gasteiger partial charge in [0.05, 0.1) is 18.3 Å². The summed E-state index contributed by atoms with van der Waals surface area (Å²) in [5, 5.41) is 0.658. The Bertz CT molecular complexity index is 852. The molecule has 2 aliphatic rings. The number of benzene rings is 1. The van der Waals surface area contributed by atoms with Crippen LogP contribution >= 0.6 is 11.6 Å². The molecule has 0 bridgehead atoms. The Morgan fingerprint density at radius 2 is 1.96 bits per heavy atom. The van der Waals surface area contributed by atoms with Crippen molar-refractivity contribution in [3.05, 3.63) is 41.2 Å². The van der Waals surface area contributed by atoms with E-state index in [0.717, 1.165) is 55.7 Å². The maximum absolute atomic E-state index is 13.1. The Balaban J connectivity index is 1.67. The Kier molecular flexibility index (Phi) is 5.78. The first-order valence-corrected chi connectivity index (χ1v) is 10.4. The number of rotatable bonds is 4. The predicted octanol–water partition coefficient (Wildman–Crippen LogP) is 3.53. The Morgan fingerprint density at radius 3 is 2.75 bits per heavy atom. The number of anilines is 1. The number of amides is 1. The number of nitrogens with zero attached hydrogens (tertiary/aromatic N) is 4. The fraction of sp³-hybridized carbons (Fsp3) is 0.476. The molecule has 2 aromatic rings. The van der Waals surface area contributed by atoms with Gasteiger partial charge < -0.3 is 10.6 Å². The van der Waals surface area contributed by atoms with Crippen LogP contribution in [0.5, 0.6) is 0 Å². The number of hydrogen-bond donors (Lipinski definition) is 1. The standard InChI is InChI=1S/C21H26ClN5O/c22-16-7-5-6-15(12-16)17-13-24-21(23)25-20(17)18-8-1-2-11-27(18)19(28)14-26-9-3-4-10-26/h5-7,12-13,18H,1-4,8-11,14H2,(H2,23,24,25). The van der Waals surface area contributed by atoms with Crippen LogP contribution in [0.15, 0.2) is 30.5 Å². The van der Waals surface area contributed by atoms with Crippen molar-refractivity contribution in [1.82, 2.24) is 19.8 Å². The molecule has 1 unspecified atom stereocenters. The second-order valence-corrected chi connectivity index (χ2v) is 8.06. The van der Waals surface area contributed by atoms with Gasteiger partial charge in [0.2, 0.25) is 11.9 Å². The predicted molar refractivity (Wildman–Crippen MR) is 111 cm³/mol. The van der Waals surface area contributed by atoms with Gasteiger partial charge in [-0.1, -0.05) is 23.7 Å². The number of nitrogen functional groups attached to an aromatic ring is 1. The maximum Gasteiger partial charge on any atom is 0.237 e. The van der Waals surface area contributed by atoms with Crippen molar-refractivity contribution in [3.8, 4) is 11.1 Å². The van der Waals surface area contributed by atoms with Gasteiger partial charge in [-0.25, -0.2) is 9.97 Å². The number of nitrogens with two attached hydrogens (primary N) is 1. The number of carbonyl (C=O) groups is 1. The van der Waals surface area contributed by atoms with Crippen LogP contribution in [0, 0.1) is 0 Å². The molecule has 0 radical (unpaired) electrons. The van der Waals surface area contributed by atoms with Crippen molar-refractivity contribution < 1.29 is 4.79 Å². The van der Waals surface area contributed by atoms with E-state index in [-0.39, 0.29) is 17.9 Å². The summed E-state index contributed by atoms with van der Waals surface area (Å²) >= 11 is 6.20. The van der Waals surface area contributed by atoms with E-state index in [1.54, 1.807) is 6.20 Å². The minimum atomic E-state index is -0.0804. The lowest BCUT2D eigenvalue weighted by atomic mass is 9.93. The molecule has 1 atom stereocenters. The SMILES string of the molecule is Nc1ncc(-c2cccc(Cl)c2)c(C2CCCCN2C(=O)CN2CCCC2)n1. The quantitative estimate of drug-likeness (QED) is 0.851. The van der Waals surface area contributed by atoms with Crippen LogP contribution in [-0.4, -0.2) is 51.9 Å². The molecule has 1 amide bonds. The molecule has 4 rings (SSSR count). The third kappa shape index (κ3) is 4.13. The molecule has 6 nitrogen and oxygen atoms in total. The zero-order valence-electron chi connectivity index (χ0n) is 16.0. The van der Waals surface area contributed by atoms with Gasteiger partial charge in [0.15, 0.2) is 0 Å². The summed E-state index contributed by atoms with van der Waals surface area (Å²) in [4.78, 5) is 26.2. The molecule has 28 heavy (non-hydrogen) atoms. The summed E-state index contributed by atoms with van der Waals surface area (Å²) in [6, 6.07) is 7.57. The van der Waals surface area contributed by atoms with Crippen molar-refractivity contribution in [2.45, 2.75) is 38.1 Å². The highest BCUT2D eigenvalue weighted by Crippen LogP contribution is 2.36. The molecular weight excluding hydrogens is 374 g/mol. The van der Waals surface area contributed by atoms with E-state index in [2.05, 4.69) is 14.9 Å². The highest BCUT2D eigenvalue weighted by molar-refractivity contribution is 6.30. The van der Waals surface area contributed by atoms with E-state index in [9.17, 15) is 4.79 Å². The van der Waals surface area contributed by atoms with Gasteiger partial charge in [-0.2, -0.15) is 0 Å². The number of hydrogen-bond acceptors (Lipinski definition) is 5. The normalized spacial score (nSPS) is 20.5. The summed E-state index contributed by atoms with van der Waals surface area (Å²) in [7, 11) is 0. The van der Waals surface area contributed by atoms with E-state index < -0.39 is 0 Å². The zero-order valence-corrected chi connectivity index (χ0v) is 16.7. The summed E-state index contributed by atoms with van der Waals surface area (Å²) in [6.45, 7) is 3.27. The molecule has 2 saturated heterocycles. The lowest BCUT2D eigenvalue weighted by molar-refractivity contribution is -0.136. The van der Waals surface area contributed by atoms with Crippen molar-refractivity contribution in [2.75, 3.05) is 31.9 Å². The van der Waals surface area contributed by atoms with Crippen molar-refractivity contribution in [3.63, 3.8) is 0 Å². The van der Waals surface area contributed by atoms with Crippen LogP contribution in [0.4, 0.5) is 5.95 Å². The third-order valence-corrected chi connectivity index (χ3v) is 5.90. The molecule has 0 aliphatic carbocycles. The lowest BCUT2D eigenvalue weighted by Crippen LogP contribution is -2.44. The summed E-state index contributed by atoms with van der Waals surface area (Å²) < 4.78 is 0. The fourth-order valence-corrected chi connectivity index (χ4v) is 4.47. The van der Waals surface area contributed by atoms with E-state index >= 15 is 0 Å². The smallest absolute Gasteiger partial charge is 0.237 e. The monoisotopic (exact) mass is 399 g/mol. The number of likely N-dealkylation sites (tertiary alicyclic amines) is 2. The molecule has 1 aromatic carbocycles. The summed E-state index contributed by atoms with van der Waals surface area (Å²) in [5.41, 5.74) is 8.59. The van der Waals surface area contributed by atoms with Gasteiger partial charge in [0, 0.05) is 23.3 Å². The van der Waals surface area contributed by atoms with Crippen LogP contribution in [0.2, 0.25) is 5.02 Å². The van der Waals surface area contributed by atoms with Crippen LogP contribution < -0.4 is 5.73 Å². The molecule has 0 saturated carbocycles. The molecule has 2 N–H and O–H groups in total. The van der Waals surface area contributed by atoms with E-state index in [1.165, 1.54) is 12.8 Å². The van der Waals surface area contributed by atoms with E-state index in [0.29, 0.717) is 11.6 Å². The third-order valence-electron chi connectivity index (χ3n) is 5.67. The Labute approximate surface area is 170 Å². The van der Waals surface area contributed by atoms with Crippen LogP contribution in [0.1, 0.15) is 43.8 Å². The molecule has 2 aliphatic heterocycles. The maximum atomic E-state index is 13.1. The largest absolute Gasteiger partial charge is 0.368 e.